The zero-order valence-electron chi connectivity index (χ0n) is 14.0. The van der Waals surface area contributed by atoms with Gasteiger partial charge in [-0.15, -0.1) is 0 Å². The van der Waals surface area contributed by atoms with Crippen molar-refractivity contribution in [2.24, 2.45) is 5.10 Å². The molecule has 1 heterocycles. The molecule has 6 nitrogen and oxygen atoms in total. The molecule has 7 heteroatoms. The van der Waals surface area contributed by atoms with Crippen LogP contribution in [0.5, 0.6) is 5.75 Å². The molecule has 1 amide bonds. The fourth-order valence-electron chi connectivity index (χ4n) is 2.23. The fourth-order valence-corrected chi connectivity index (χ4v) is 2.49. The molecule has 0 bridgehead atoms. The van der Waals surface area contributed by atoms with E-state index < -0.39 is 0 Å². The Kier molecular flexibility index (Phi) is 5.80. The molecule has 0 fully saturated rings. The molecule has 0 saturated carbocycles. The van der Waals surface area contributed by atoms with Crippen LogP contribution in [0.1, 0.15) is 12.5 Å². The Morgan fingerprint density at radius 3 is 2.69 bits per heavy atom. The summed E-state index contributed by atoms with van der Waals surface area (Å²) in [5, 5.41) is 7.79. The van der Waals surface area contributed by atoms with E-state index in [1.807, 2.05) is 49.4 Å². The number of hydrogen-bond acceptors (Lipinski definition) is 5. The Labute approximate surface area is 159 Å². The largest absolute Gasteiger partial charge is 0.483 e. The summed E-state index contributed by atoms with van der Waals surface area (Å²) < 4.78 is 11.7. The molecule has 0 aliphatic carbocycles. The van der Waals surface area contributed by atoms with Gasteiger partial charge in [-0.2, -0.15) is 5.10 Å². The molecular formula is C19H16BrN3O3. The van der Waals surface area contributed by atoms with E-state index in [0.29, 0.717) is 17.2 Å². The summed E-state index contributed by atoms with van der Waals surface area (Å²) in [6.07, 6.45) is 1.55. The predicted octanol–water partition coefficient (Wildman–Crippen LogP) is 4.02. The molecule has 0 radical (unpaired) electrons. The lowest BCUT2D eigenvalue weighted by Gasteiger charge is -2.09. The Balaban J connectivity index is 1.60. The Bertz CT molecular complexity index is 906. The second kappa shape index (κ2) is 8.44. The predicted molar refractivity (Wildman–Crippen MR) is 102 cm³/mol. The maximum absolute atomic E-state index is 12.0. The Morgan fingerprint density at radius 1 is 1.19 bits per heavy atom. The van der Waals surface area contributed by atoms with E-state index in [-0.39, 0.29) is 12.5 Å². The minimum atomic E-state index is -0.353. The van der Waals surface area contributed by atoms with Gasteiger partial charge in [-0.1, -0.05) is 45.4 Å². The second-order valence-corrected chi connectivity index (χ2v) is 6.32. The lowest BCUT2D eigenvalue weighted by atomic mass is 10.1. The standard InChI is InChI=1S/C19H16BrN3O3/c1-13(14-6-8-15(20)9-7-14)22-23-19(24)12-25-17-5-3-2-4-16(17)18-10-11-21-26-18/h2-11H,12H2,1H3,(H,23,24)/b22-13+. The molecule has 0 aliphatic rings. The molecule has 0 saturated heterocycles. The number of hydrazone groups is 1. The highest BCUT2D eigenvalue weighted by molar-refractivity contribution is 9.10. The average molecular weight is 414 g/mol. The SMILES string of the molecule is C/C(=N\NC(=O)COc1ccccc1-c1ccno1)c1ccc(Br)cc1. The number of rotatable bonds is 6. The Morgan fingerprint density at radius 2 is 1.96 bits per heavy atom. The number of nitrogens with one attached hydrogen (secondary N) is 1. The number of ether oxygens (including phenoxy) is 1. The zero-order chi connectivity index (χ0) is 18.4. The number of carbonyl (C=O) groups is 1. The first-order chi connectivity index (χ1) is 12.6. The number of halogens is 1. The van der Waals surface area contributed by atoms with Gasteiger partial charge in [-0.05, 0) is 36.8 Å². The molecule has 2 aromatic carbocycles. The molecule has 132 valence electrons. The third-order valence-corrected chi connectivity index (χ3v) is 4.09. The monoisotopic (exact) mass is 413 g/mol. The van der Waals surface area contributed by atoms with E-state index in [4.69, 9.17) is 9.26 Å². The van der Waals surface area contributed by atoms with Gasteiger partial charge in [-0.3, -0.25) is 4.79 Å². The van der Waals surface area contributed by atoms with E-state index in [1.54, 1.807) is 18.3 Å². The maximum Gasteiger partial charge on any atom is 0.277 e. The van der Waals surface area contributed by atoms with Crippen LogP contribution >= 0.6 is 15.9 Å². The smallest absolute Gasteiger partial charge is 0.277 e. The number of para-hydroxylation sites is 1. The van der Waals surface area contributed by atoms with Crippen LogP contribution in [0.3, 0.4) is 0 Å². The van der Waals surface area contributed by atoms with E-state index in [1.165, 1.54) is 0 Å². The van der Waals surface area contributed by atoms with E-state index in [9.17, 15) is 4.79 Å². The highest BCUT2D eigenvalue weighted by Crippen LogP contribution is 2.29. The van der Waals surface area contributed by atoms with Crippen LogP contribution in [0, 0.1) is 0 Å². The van der Waals surface area contributed by atoms with Crippen LogP contribution < -0.4 is 10.2 Å². The summed E-state index contributed by atoms with van der Waals surface area (Å²) in [4.78, 5) is 12.0. The molecular weight excluding hydrogens is 398 g/mol. The fraction of sp³-hybridized carbons (Fsp3) is 0.105. The minimum Gasteiger partial charge on any atom is -0.483 e. The van der Waals surface area contributed by atoms with Crippen LogP contribution in [0.15, 0.2) is 74.9 Å². The first-order valence-corrected chi connectivity index (χ1v) is 8.65. The summed E-state index contributed by atoms with van der Waals surface area (Å²) >= 11 is 3.38. The number of carbonyl (C=O) groups excluding carboxylic acids is 1. The summed E-state index contributed by atoms with van der Waals surface area (Å²) in [6.45, 7) is 1.66. The van der Waals surface area contributed by atoms with Crippen molar-refractivity contribution in [1.29, 1.82) is 0 Å². The molecule has 0 unspecified atom stereocenters. The van der Waals surface area contributed by atoms with E-state index in [2.05, 4.69) is 31.6 Å². The van der Waals surface area contributed by atoms with Gasteiger partial charge in [0, 0.05) is 10.5 Å². The maximum atomic E-state index is 12.0. The van der Waals surface area contributed by atoms with Crippen LogP contribution in [0.2, 0.25) is 0 Å². The summed E-state index contributed by atoms with van der Waals surface area (Å²) in [6, 6.07) is 16.7. The van der Waals surface area contributed by atoms with Crippen molar-refractivity contribution in [2.45, 2.75) is 6.92 Å². The minimum absolute atomic E-state index is 0.164. The summed E-state index contributed by atoms with van der Waals surface area (Å²) in [5.41, 5.74) is 4.85. The van der Waals surface area contributed by atoms with E-state index >= 15 is 0 Å². The molecule has 1 aromatic heterocycles. The number of amides is 1. The number of aromatic nitrogens is 1. The van der Waals surface area contributed by atoms with Crippen molar-refractivity contribution in [3.63, 3.8) is 0 Å². The van der Waals surface area contributed by atoms with Gasteiger partial charge < -0.3 is 9.26 Å². The third kappa shape index (κ3) is 4.58. The molecule has 1 N–H and O–H groups in total. The van der Waals surface area contributed by atoms with Crippen molar-refractivity contribution in [2.75, 3.05) is 6.61 Å². The van der Waals surface area contributed by atoms with Crippen molar-refractivity contribution in [3.05, 3.63) is 70.8 Å². The number of nitrogens with zero attached hydrogens (tertiary/aromatic N) is 2. The molecule has 0 spiro atoms. The van der Waals surface area contributed by atoms with Crippen LogP contribution in [0.25, 0.3) is 11.3 Å². The first-order valence-electron chi connectivity index (χ1n) is 7.85. The van der Waals surface area contributed by atoms with E-state index in [0.717, 1.165) is 15.6 Å². The van der Waals surface area contributed by atoms with Gasteiger partial charge in [0.1, 0.15) is 5.75 Å². The first kappa shape index (κ1) is 17.9. The third-order valence-electron chi connectivity index (χ3n) is 3.56. The lowest BCUT2D eigenvalue weighted by molar-refractivity contribution is -0.123. The van der Waals surface area contributed by atoms with Crippen molar-refractivity contribution < 1.29 is 14.1 Å². The van der Waals surface area contributed by atoms with Gasteiger partial charge in [0.15, 0.2) is 12.4 Å². The lowest BCUT2D eigenvalue weighted by Crippen LogP contribution is -2.25. The number of benzene rings is 2. The molecule has 3 rings (SSSR count). The second-order valence-electron chi connectivity index (χ2n) is 5.40. The molecule has 3 aromatic rings. The van der Waals surface area contributed by atoms with Crippen molar-refractivity contribution in [1.82, 2.24) is 10.6 Å². The highest BCUT2D eigenvalue weighted by atomic mass is 79.9. The van der Waals surface area contributed by atoms with Crippen LogP contribution in [-0.4, -0.2) is 23.4 Å². The van der Waals surface area contributed by atoms with Crippen molar-refractivity contribution in [3.8, 4) is 17.1 Å². The normalized spacial score (nSPS) is 11.2. The van der Waals surface area contributed by atoms with Gasteiger partial charge in [0.2, 0.25) is 0 Å². The molecule has 0 atom stereocenters. The average Bonchev–Trinajstić information content (AvgIpc) is 3.20. The number of hydrogen-bond donors (Lipinski definition) is 1. The molecule has 0 aliphatic heterocycles. The van der Waals surface area contributed by atoms with Gasteiger partial charge in [-0.25, -0.2) is 5.43 Å². The van der Waals surface area contributed by atoms with Crippen molar-refractivity contribution >= 4 is 27.5 Å². The van der Waals surface area contributed by atoms with Crippen LogP contribution in [-0.2, 0) is 4.79 Å². The van der Waals surface area contributed by atoms with Gasteiger partial charge in [0.25, 0.3) is 5.91 Å². The summed E-state index contributed by atoms with van der Waals surface area (Å²) in [7, 11) is 0. The quantitative estimate of drug-likeness (QED) is 0.488. The van der Waals surface area contributed by atoms with Gasteiger partial charge >= 0.3 is 0 Å². The van der Waals surface area contributed by atoms with Crippen LogP contribution in [0.4, 0.5) is 0 Å². The highest BCUT2D eigenvalue weighted by Gasteiger charge is 2.10. The topological polar surface area (TPSA) is 76.7 Å². The zero-order valence-corrected chi connectivity index (χ0v) is 15.6. The van der Waals surface area contributed by atoms with Gasteiger partial charge in [0.05, 0.1) is 17.5 Å². The Hall–Kier alpha value is -2.93. The summed E-state index contributed by atoms with van der Waals surface area (Å²) in [5.74, 6) is 0.756. The molecule has 26 heavy (non-hydrogen) atoms.